The Hall–Kier alpha value is 0.739. The average molecular weight is 304 g/mol. The van der Waals surface area contributed by atoms with Crippen LogP contribution in [0.25, 0.3) is 0 Å². The molecular weight excluding hydrogens is 292 g/mol. The number of hydrogen-bond acceptors (Lipinski definition) is 4. The van der Waals surface area contributed by atoms with Crippen molar-refractivity contribution in [2.45, 2.75) is 13.8 Å². The molecule has 0 aliphatic rings. The smallest absolute Gasteiger partial charge is 0.415 e. The van der Waals surface area contributed by atoms with Crippen LogP contribution in [0.5, 0.6) is 0 Å². The van der Waals surface area contributed by atoms with Crippen molar-refractivity contribution >= 4 is 58.3 Å². The maximum Gasteiger partial charge on any atom is 2.00 e. The van der Waals surface area contributed by atoms with Crippen LogP contribution in [0.3, 0.4) is 0 Å². The van der Waals surface area contributed by atoms with Gasteiger partial charge in [0.05, 0.1) is 0 Å². The molecule has 0 saturated carbocycles. The van der Waals surface area contributed by atoms with Gasteiger partial charge in [-0.05, 0) is 13.8 Å². The molecule has 0 saturated heterocycles. The largest absolute Gasteiger partial charge is 2.00 e. The van der Waals surface area contributed by atoms with Crippen LogP contribution in [0.1, 0.15) is 13.8 Å². The third-order valence-corrected chi connectivity index (χ3v) is 1.54. The van der Waals surface area contributed by atoms with Gasteiger partial charge in [-0.1, -0.05) is 8.64 Å². The summed E-state index contributed by atoms with van der Waals surface area (Å²) in [6.45, 7) is 5.95. The van der Waals surface area contributed by atoms with E-state index in [1.54, 1.807) is 0 Å². The van der Waals surface area contributed by atoms with Crippen LogP contribution in [0.2, 0.25) is 0 Å². The van der Waals surface area contributed by atoms with Crippen molar-refractivity contribution in [3.63, 3.8) is 0 Å². The van der Waals surface area contributed by atoms with E-state index in [4.69, 9.17) is 24.8 Å². The quantitative estimate of drug-likeness (QED) is 0.464. The van der Waals surface area contributed by atoms with Crippen LogP contribution in [0.15, 0.2) is 0 Å². The Balaban J connectivity index is -0.000000173. The fraction of sp³-hybridized carbons (Fsp3) is 0.667. The Morgan fingerprint density at radius 1 is 1.23 bits per heavy atom. The van der Waals surface area contributed by atoms with Crippen molar-refractivity contribution in [1.29, 1.82) is 0 Å². The summed E-state index contributed by atoms with van der Waals surface area (Å²) in [5.74, 6) is 0. The summed E-state index contributed by atoms with van der Waals surface area (Å²) in [6.07, 6.45) is 0. The van der Waals surface area contributed by atoms with Crippen LogP contribution in [-0.4, -0.2) is 26.6 Å². The van der Waals surface area contributed by atoms with Gasteiger partial charge < -0.3 is 60.3 Å². The van der Waals surface area contributed by atoms with E-state index in [9.17, 15) is 0 Å². The number of thiocarbonyl (C=S) groups is 2. The second-order valence-corrected chi connectivity index (χ2v) is 3.93. The first kappa shape index (κ1) is 19.3. The molecule has 81 valence electrons. The van der Waals surface area contributed by atoms with Crippen molar-refractivity contribution in [1.82, 2.24) is 4.90 Å². The molecule has 0 spiro atoms. The second kappa shape index (κ2) is 12.7. The molecule has 0 aromatic heterocycles. The van der Waals surface area contributed by atoms with Gasteiger partial charge >= 0.3 is 17.1 Å². The summed E-state index contributed by atoms with van der Waals surface area (Å²) < 4.78 is 0.662. The molecule has 0 fully saturated rings. The molecule has 0 aromatic carbocycles. The summed E-state index contributed by atoms with van der Waals surface area (Å²) >= 11 is 17.8. The van der Waals surface area contributed by atoms with Crippen molar-refractivity contribution in [2.24, 2.45) is 5.73 Å². The van der Waals surface area contributed by atoms with Gasteiger partial charge in [-0.25, -0.2) is 0 Å². The minimum absolute atomic E-state index is 0. The molecule has 13 heavy (non-hydrogen) atoms. The first-order valence-electron chi connectivity index (χ1n) is 3.38. The first-order valence-corrected chi connectivity index (χ1v) is 5.01. The van der Waals surface area contributed by atoms with E-state index in [2.05, 4.69) is 30.6 Å². The molecule has 1 radical (unpaired) electrons. The molecule has 0 aliphatic carbocycles. The van der Waals surface area contributed by atoms with Crippen molar-refractivity contribution in [3.05, 3.63) is 0 Å². The standard InChI is InChI=1S/C5H11NS2.CH3NS2.Cu/c1-3-6(4-2)5(7)8;2-1(3)4;/h3-4H2,1-2H3,(H,7,8);(H3,2,3,4);/q;;+2/p-2. The Morgan fingerprint density at radius 2 is 1.46 bits per heavy atom. The van der Waals surface area contributed by atoms with E-state index in [0.717, 1.165) is 13.1 Å². The Labute approximate surface area is 112 Å². The molecule has 0 aromatic rings. The molecule has 0 bridgehead atoms. The van der Waals surface area contributed by atoms with Crippen LogP contribution >= 0.6 is 24.4 Å². The predicted octanol–water partition coefficient (Wildman–Crippen LogP) is 0.934. The van der Waals surface area contributed by atoms with Crippen LogP contribution in [-0.2, 0) is 42.3 Å². The summed E-state index contributed by atoms with van der Waals surface area (Å²) in [7, 11) is 0. The minimum Gasteiger partial charge on any atom is -0.415 e. The zero-order chi connectivity index (χ0) is 10.1. The Bertz CT molecular complexity index is 146. The molecule has 0 atom stereocenters. The van der Waals surface area contributed by atoms with E-state index in [0.29, 0.717) is 4.32 Å². The Kier molecular flexibility index (Phi) is 18.9. The third-order valence-electron chi connectivity index (χ3n) is 1.02. The van der Waals surface area contributed by atoms with Gasteiger partial charge in [-0.3, -0.25) is 0 Å². The number of nitrogens with zero attached hydrogens (tertiary/aromatic N) is 1. The fourth-order valence-electron chi connectivity index (χ4n) is 0.482. The molecule has 0 amide bonds. The van der Waals surface area contributed by atoms with Crippen molar-refractivity contribution in [2.75, 3.05) is 13.1 Å². The SMILES string of the molecule is CCN(CC)C(=S)[S-].NC(=S)[S-].[Cu+2]. The van der Waals surface area contributed by atoms with Gasteiger partial charge in [0, 0.05) is 13.1 Å². The zero-order valence-electron chi connectivity index (χ0n) is 7.37. The van der Waals surface area contributed by atoms with Crippen molar-refractivity contribution < 1.29 is 17.1 Å². The molecule has 7 heteroatoms. The second-order valence-electron chi connectivity index (χ2n) is 1.76. The Morgan fingerprint density at radius 3 is 1.46 bits per heavy atom. The normalized spacial score (nSPS) is 7.23. The summed E-state index contributed by atoms with van der Waals surface area (Å²) in [5, 5.41) is 0. The third kappa shape index (κ3) is 19.2. The maximum absolute atomic E-state index is 4.76. The summed E-state index contributed by atoms with van der Waals surface area (Å²) in [5.41, 5.74) is 4.66. The number of nitrogens with two attached hydrogens (primary N) is 1. The molecule has 0 heterocycles. The monoisotopic (exact) mass is 303 g/mol. The summed E-state index contributed by atoms with van der Waals surface area (Å²) in [4.78, 5) is 1.96. The minimum atomic E-state index is 0. The van der Waals surface area contributed by atoms with Gasteiger partial charge in [0.25, 0.3) is 0 Å². The van der Waals surface area contributed by atoms with Crippen LogP contribution < -0.4 is 5.73 Å². The molecule has 0 aliphatic heterocycles. The van der Waals surface area contributed by atoms with Crippen molar-refractivity contribution in [3.8, 4) is 0 Å². The van der Waals surface area contributed by atoms with E-state index in [1.165, 1.54) is 0 Å². The molecule has 2 nitrogen and oxygen atoms in total. The average Bonchev–Trinajstić information content (AvgIpc) is 1.87. The van der Waals surface area contributed by atoms with Gasteiger partial charge in [0.2, 0.25) is 0 Å². The van der Waals surface area contributed by atoms with Gasteiger partial charge in [-0.2, -0.15) is 0 Å². The molecular formula is C6H12CuN2S4. The maximum atomic E-state index is 4.76. The molecule has 0 unspecified atom stereocenters. The van der Waals surface area contributed by atoms with Gasteiger partial charge in [-0.15, -0.1) is 0 Å². The zero-order valence-corrected chi connectivity index (χ0v) is 11.6. The first-order chi connectivity index (χ1) is 5.45. The number of rotatable bonds is 2. The van der Waals surface area contributed by atoms with E-state index in [-0.39, 0.29) is 21.4 Å². The summed E-state index contributed by atoms with van der Waals surface area (Å²) in [6, 6.07) is 0. The van der Waals surface area contributed by atoms with E-state index >= 15 is 0 Å². The number of hydrogen-bond donors (Lipinski definition) is 1. The topological polar surface area (TPSA) is 29.3 Å². The fourth-order valence-corrected chi connectivity index (χ4v) is 0.998. The van der Waals surface area contributed by atoms with Gasteiger partial charge in [0.1, 0.15) is 0 Å². The van der Waals surface area contributed by atoms with Crippen LogP contribution in [0.4, 0.5) is 0 Å². The predicted molar refractivity (Wildman–Crippen MR) is 67.0 cm³/mol. The van der Waals surface area contributed by atoms with E-state index < -0.39 is 0 Å². The molecule has 2 N–H and O–H groups in total. The van der Waals surface area contributed by atoms with E-state index in [1.807, 2.05) is 18.7 Å². The van der Waals surface area contributed by atoms with Crippen LogP contribution in [0, 0.1) is 0 Å². The van der Waals surface area contributed by atoms with Gasteiger partial charge in [0.15, 0.2) is 0 Å². The molecule has 0 rings (SSSR count).